The average molecular weight is 384 g/mol. The summed E-state index contributed by atoms with van der Waals surface area (Å²) in [5.74, 6) is -0.0365. The lowest BCUT2D eigenvalue weighted by Gasteiger charge is -2.05. The van der Waals surface area contributed by atoms with Gasteiger partial charge >= 0.3 is 0 Å². The monoisotopic (exact) mass is 384 g/mol. The highest BCUT2D eigenvalue weighted by Crippen LogP contribution is 2.25. The summed E-state index contributed by atoms with van der Waals surface area (Å²) in [4.78, 5) is 29.0. The Kier molecular flexibility index (Phi) is 4.91. The first-order valence-electron chi connectivity index (χ1n) is 9.39. The highest BCUT2D eigenvalue weighted by molar-refractivity contribution is 6.09. The number of hydrogen-bond acceptors (Lipinski definition) is 4. The summed E-state index contributed by atoms with van der Waals surface area (Å²) >= 11 is 0. The Labute approximate surface area is 168 Å². The number of benzene rings is 2. The van der Waals surface area contributed by atoms with Gasteiger partial charge in [0.1, 0.15) is 0 Å². The van der Waals surface area contributed by atoms with Crippen LogP contribution in [-0.4, -0.2) is 26.3 Å². The third-order valence-electron chi connectivity index (χ3n) is 4.62. The summed E-state index contributed by atoms with van der Waals surface area (Å²) in [5.41, 5.74) is 3.69. The number of hydrogen-bond donors (Lipinski definition) is 1. The van der Waals surface area contributed by atoms with Gasteiger partial charge in [-0.25, -0.2) is 4.52 Å². The van der Waals surface area contributed by atoms with Crippen LogP contribution in [0, 0.1) is 5.92 Å². The van der Waals surface area contributed by atoms with Crippen molar-refractivity contribution in [3.8, 4) is 11.1 Å². The van der Waals surface area contributed by atoms with Crippen LogP contribution in [0.25, 0.3) is 16.8 Å². The number of rotatable bonds is 5. The van der Waals surface area contributed by atoms with Crippen LogP contribution in [0.1, 0.15) is 29.8 Å². The molecule has 4 aromatic rings. The summed E-state index contributed by atoms with van der Waals surface area (Å²) in [6.07, 6.45) is 1.78. The lowest BCUT2D eigenvalue weighted by atomic mass is 10.00. The molecular weight excluding hydrogens is 364 g/mol. The molecule has 6 nitrogen and oxygen atoms in total. The Bertz CT molecular complexity index is 1180. The number of carbonyl (C=O) groups excluding carboxylic acids is 2. The number of pyridine rings is 1. The van der Waals surface area contributed by atoms with Gasteiger partial charge in [-0.3, -0.25) is 14.9 Å². The molecule has 0 saturated carbocycles. The van der Waals surface area contributed by atoms with E-state index in [9.17, 15) is 9.59 Å². The van der Waals surface area contributed by atoms with Gasteiger partial charge in [0.2, 0.25) is 11.9 Å². The van der Waals surface area contributed by atoms with Crippen LogP contribution in [0.3, 0.4) is 0 Å². The number of carbonyl (C=O) groups is 2. The third-order valence-corrected chi connectivity index (χ3v) is 4.62. The predicted molar refractivity (Wildman–Crippen MR) is 112 cm³/mol. The van der Waals surface area contributed by atoms with Crippen molar-refractivity contribution in [3.63, 3.8) is 0 Å². The quantitative estimate of drug-likeness (QED) is 0.523. The second-order valence-corrected chi connectivity index (χ2v) is 7.04. The highest BCUT2D eigenvalue weighted by Gasteiger charge is 2.14. The van der Waals surface area contributed by atoms with E-state index in [1.54, 1.807) is 22.8 Å². The van der Waals surface area contributed by atoms with Gasteiger partial charge in [-0.05, 0) is 17.7 Å². The zero-order valence-corrected chi connectivity index (χ0v) is 16.2. The van der Waals surface area contributed by atoms with Gasteiger partial charge in [0, 0.05) is 28.8 Å². The minimum atomic E-state index is -0.157. The minimum Gasteiger partial charge on any atom is -0.293 e. The fourth-order valence-corrected chi connectivity index (χ4v) is 3.00. The molecule has 0 unspecified atom stereocenters. The molecule has 2 aromatic carbocycles. The van der Waals surface area contributed by atoms with Gasteiger partial charge in [-0.2, -0.15) is 4.98 Å². The maximum absolute atomic E-state index is 12.6. The summed E-state index contributed by atoms with van der Waals surface area (Å²) < 4.78 is 1.63. The lowest BCUT2D eigenvalue weighted by Crippen LogP contribution is -2.18. The first-order valence-corrected chi connectivity index (χ1v) is 9.39. The third kappa shape index (κ3) is 3.78. The maximum atomic E-state index is 12.6. The molecule has 0 fully saturated rings. The first kappa shape index (κ1) is 18.6. The highest BCUT2D eigenvalue weighted by atomic mass is 16.2. The Morgan fingerprint density at radius 2 is 1.59 bits per heavy atom. The molecule has 0 saturated heterocycles. The number of ketones is 1. The van der Waals surface area contributed by atoms with Crippen molar-refractivity contribution in [1.82, 2.24) is 14.6 Å². The smallest absolute Gasteiger partial charge is 0.249 e. The second kappa shape index (κ2) is 7.67. The van der Waals surface area contributed by atoms with Gasteiger partial charge in [-0.15, -0.1) is 5.10 Å². The van der Waals surface area contributed by atoms with Crippen molar-refractivity contribution < 1.29 is 9.59 Å². The molecule has 1 N–H and O–H groups in total. The molecule has 144 valence electrons. The number of fused-ring (bicyclic) bond motifs is 1. The van der Waals surface area contributed by atoms with Gasteiger partial charge in [-0.1, -0.05) is 68.4 Å². The number of nitrogens with zero attached hydrogens (tertiary/aromatic N) is 3. The summed E-state index contributed by atoms with van der Waals surface area (Å²) in [7, 11) is 0. The molecule has 6 heteroatoms. The Morgan fingerprint density at radius 1 is 0.897 bits per heavy atom. The molecular formula is C23H20N4O2. The predicted octanol–water partition coefficient (Wildman–Crippen LogP) is 4.22. The summed E-state index contributed by atoms with van der Waals surface area (Å²) in [6.45, 7) is 3.63. The fourth-order valence-electron chi connectivity index (χ4n) is 3.00. The fraction of sp³-hybridized carbons (Fsp3) is 0.130. The molecule has 29 heavy (non-hydrogen) atoms. The van der Waals surface area contributed by atoms with Crippen LogP contribution in [0.4, 0.5) is 5.95 Å². The van der Waals surface area contributed by atoms with Gasteiger partial charge < -0.3 is 0 Å². The summed E-state index contributed by atoms with van der Waals surface area (Å²) in [5, 5.41) is 7.05. The van der Waals surface area contributed by atoms with E-state index in [1.807, 2.05) is 68.4 Å². The molecule has 0 aliphatic heterocycles. The Balaban J connectivity index is 1.65. The minimum absolute atomic E-state index is 0.0171. The molecule has 2 heterocycles. The van der Waals surface area contributed by atoms with Crippen LogP contribution >= 0.6 is 0 Å². The molecule has 0 aliphatic rings. The van der Waals surface area contributed by atoms with Gasteiger partial charge in [0.05, 0.1) is 0 Å². The standard InChI is InChI=1S/C23H20N4O2/c1-15(2)22(29)25-23-24-21-19(9-6-14-27(21)26-23)16-10-12-18(13-11-16)20(28)17-7-4-3-5-8-17/h3-15H,1-2H3,(H,25,26,29). The Hall–Kier alpha value is -3.80. The molecule has 2 aromatic heterocycles. The Morgan fingerprint density at radius 3 is 2.28 bits per heavy atom. The van der Waals surface area contributed by atoms with E-state index in [2.05, 4.69) is 15.4 Å². The molecule has 4 rings (SSSR count). The van der Waals surface area contributed by atoms with Gasteiger partial charge in [0.15, 0.2) is 11.4 Å². The molecule has 0 atom stereocenters. The van der Waals surface area contributed by atoms with E-state index in [0.29, 0.717) is 16.8 Å². The van der Waals surface area contributed by atoms with Crippen LogP contribution in [0.2, 0.25) is 0 Å². The van der Waals surface area contributed by atoms with E-state index in [1.165, 1.54) is 0 Å². The van der Waals surface area contributed by atoms with Crippen molar-refractivity contribution in [2.45, 2.75) is 13.8 Å². The number of amides is 1. The van der Waals surface area contributed by atoms with Crippen molar-refractivity contribution in [3.05, 3.63) is 84.1 Å². The van der Waals surface area contributed by atoms with E-state index < -0.39 is 0 Å². The van der Waals surface area contributed by atoms with Crippen LogP contribution in [0.5, 0.6) is 0 Å². The van der Waals surface area contributed by atoms with Crippen LogP contribution < -0.4 is 5.32 Å². The lowest BCUT2D eigenvalue weighted by molar-refractivity contribution is -0.118. The second-order valence-electron chi connectivity index (χ2n) is 7.04. The summed E-state index contributed by atoms with van der Waals surface area (Å²) in [6, 6.07) is 20.4. The first-order chi connectivity index (χ1) is 14.0. The maximum Gasteiger partial charge on any atom is 0.249 e. The topological polar surface area (TPSA) is 76.4 Å². The average Bonchev–Trinajstić information content (AvgIpc) is 3.16. The van der Waals surface area contributed by atoms with E-state index in [0.717, 1.165) is 11.1 Å². The SMILES string of the molecule is CC(C)C(=O)Nc1nc2c(-c3ccc(C(=O)c4ccccc4)cc3)cccn2n1. The number of anilines is 1. The normalized spacial score (nSPS) is 11.0. The zero-order chi connectivity index (χ0) is 20.4. The molecule has 0 radical (unpaired) electrons. The molecule has 1 amide bonds. The number of nitrogens with one attached hydrogen (secondary N) is 1. The van der Waals surface area contributed by atoms with Crippen molar-refractivity contribution >= 4 is 23.3 Å². The number of aromatic nitrogens is 3. The van der Waals surface area contributed by atoms with E-state index >= 15 is 0 Å². The van der Waals surface area contributed by atoms with Crippen LogP contribution in [0.15, 0.2) is 72.9 Å². The van der Waals surface area contributed by atoms with E-state index in [4.69, 9.17) is 0 Å². The molecule has 0 bridgehead atoms. The van der Waals surface area contributed by atoms with Crippen LogP contribution in [-0.2, 0) is 4.79 Å². The van der Waals surface area contributed by atoms with Crippen molar-refractivity contribution in [2.24, 2.45) is 5.92 Å². The largest absolute Gasteiger partial charge is 0.293 e. The van der Waals surface area contributed by atoms with E-state index in [-0.39, 0.29) is 23.6 Å². The molecule has 0 aliphatic carbocycles. The molecule has 0 spiro atoms. The van der Waals surface area contributed by atoms with Crippen molar-refractivity contribution in [2.75, 3.05) is 5.32 Å². The van der Waals surface area contributed by atoms with Gasteiger partial charge in [0.25, 0.3) is 0 Å². The van der Waals surface area contributed by atoms with Crippen molar-refractivity contribution in [1.29, 1.82) is 0 Å². The zero-order valence-electron chi connectivity index (χ0n) is 16.2.